The minimum atomic E-state index is -0.651. The summed E-state index contributed by atoms with van der Waals surface area (Å²) < 4.78 is 14.9. The van der Waals surface area contributed by atoms with E-state index >= 15 is 0 Å². The molecule has 1 aliphatic heterocycles. The number of halogens is 1. The molecule has 0 radical (unpaired) electrons. The third kappa shape index (κ3) is 3.41. The first-order chi connectivity index (χ1) is 13.1. The summed E-state index contributed by atoms with van der Waals surface area (Å²) in [6.45, 7) is 0. The standard InChI is InChI=1S/C19H20FN5OS/c20-15-6-5-13(24-17(26)16-22-8-3-9-23-16)10-14(15)19-7-2-1-4-12(19)11-27-18(21)25-19/h3,5-6,8-10,12H,1-2,4,7,11H2,(H2,21,25)(H,24,26)/t12-,19-/m0/s1. The van der Waals surface area contributed by atoms with Crippen LogP contribution < -0.4 is 11.1 Å². The van der Waals surface area contributed by atoms with E-state index in [1.165, 1.54) is 30.2 Å². The van der Waals surface area contributed by atoms with Crippen molar-refractivity contribution in [2.24, 2.45) is 16.6 Å². The van der Waals surface area contributed by atoms with Gasteiger partial charge in [-0.05, 0) is 43.0 Å². The van der Waals surface area contributed by atoms with Crippen LogP contribution in [0.5, 0.6) is 0 Å². The highest BCUT2D eigenvalue weighted by molar-refractivity contribution is 8.13. The Kier molecular flexibility index (Phi) is 4.82. The van der Waals surface area contributed by atoms with Crippen LogP contribution in [-0.2, 0) is 5.54 Å². The van der Waals surface area contributed by atoms with Gasteiger partial charge in [-0.25, -0.2) is 14.4 Å². The molecule has 2 aromatic rings. The van der Waals surface area contributed by atoms with Crippen LogP contribution in [0, 0.1) is 11.7 Å². The van der Waals surface area contributed by atoms with Gasteiger partial charge in [0.15, 0.2) is 5.17 Å². The van der Waals surface area contributed by atoms with Crippen molar-refractivity contribution < 1.29 is 9.18 Å². The number of anilines is 1. The molecular weight excluding hydrogens is 365 g/mol. The number of carbonyl (C=O) groups excluding carboxylic acids is 1. The minimum Gasteiger partial charge on any atom is -0.379 e. The molecule has 1 saturated carbocycles. The molecule has 0 saturated heterocycles. The SMILES string of the molecule is NC1=N[C@@]2(c3cc(NC(=O)c4ncccn4)ccc3F)CCCC[C@H]2CS1. The maximum absolute atomic E-state index is 14.9. The van der Waals surface area contributed by atoms with Crippen molar-refractivity contribution in [1.82, 2.24) is 9.97 Å². The number of carbonyl (C=O) groups is 1. The number of fused-ring (bicyclic) bond motifs is 1. The van der Waals surface area contributed by atoms with Crippen LogP contribution >= 0.6 is 11.8 Å². The predicted molar refractivity (Wildman–Crippen MR) is 104 cm³/mol. The van der Waals surface area contributed by atoms with Gasteiger partial charge in [0.2, 0.25) is 5.82 Å². The average Bonchev–Trinajstić information content (AvgIpc) is 2.69. The molecule has 0 spiro atoms. The van der Waals surface area contributed by atoms with E-state index in [1.807, 2.05) is 0 Å². The van der Waals surface area contributed by atoms with E-state index < -0.39 is 11.4 Å². The minimum absolute atomic E-state index is 0.0633. The summed E-state index contributed by atoms with van der Waals surface area (Å²) in [5, 5.41) is 3.25. The van der Waals surface area contributed by atoms with E-state index in [0.717, 1.165) is 31.4 Å². The first-order valence-corrected chi connectivity index (χ1v) is 9.93. The number of nitrogens with two attached hydrogens (primary N) is 1. The molecule has 2 heterocycles. The number of amidine groups is 1. The summed E-state index contributed by atoms with van der Waals surface area (Å²) in [4.78, 5) is 24.9. The Morgan fingerprint density at radius 1 is 1.30 bits per heavy atom. The predicted octanol–water partition coefficient (Wildman–Crippen LogP) is 3.32. The molecule has 4 rings (SSSR count). The zero-order chi connectivity index (χ0) is 18.9. The average molecular weight is 385 g/mol. The largest absolute Gasteiger partial charge is 0.379 e. The van der Waals surface area contributed by atoms with Crippen LogP contribution in [0.3, 0.4) is 0 Å². The Labute approximate surface area is 160 Å². The number of nitrogens with zero attached hydrogens (tertiary/aromatic N) is 3. The smallest absolute Gasteiger partial charge is 0.293 e. The lowest BCUT2D eigenvalue weighted by atomic mass is 9.69. The Hall–Kier alpha value is -2.48. The van der Waals surface area contributed by atoms with Gasteiger partial charge in [-0.15, -0.1) is 0 Å². The van der Waals surface area contributed by atoms with Crippen molar-refractivity contribution in [3.8, 4) is 0 Å². The van der Waals surface area contributed by atoms with Gasteiger partial charge in [-0.1, -0.05) is 24.6 Å². The topological polar surface area (TPSA) is 93.3 Å². The fourth-order valence-corrected chi connectivity index (χ4v) is 5.01. The van der Waals surface area contributed by atoms with Crippen LogP contribution in [0.2, 0.25) is 0 Å². The van der Waals surface area contributed by atoms with E-state index in [4.69, 9.17) is 10.7 Å². The summed E-state index contributed by atoms with van der Waals surface area (Å²) in [5.74, 6) is 0.380. The molecule has 1 aliphatic carbocycles. The first kappa shape index (κ1) is 17.9. The molecule has 0 unspecified atom stereocenters. The zero-order valence-electron chi connectivity index (χ0n) is 14.7. The molecule has 3 N–H and O–H groups in total. The zero-order valence-corrected chi connectivity index (χ0v) is 15.5. The third-order valence-corrected chi connectivity index (χ3v) is 6.19. The fourth-order valence-electron chi connectivity index (χ4n) is 3.96. The van der Waals surface area contributed by atoms with Gasteiger partial charge in [0.25, 0.3) is 5.91 Å². The second-order valence-corrected chi connectivity index (χ2v) is 7.89. The number of hydrogen-bond donors (Lipinski definition) is 2. The van der Waals surface area contributed by atoms with Crippen LogP contribution in [0.25, 0.3) is 0 Å². The number of amides is 1. The van der Waals surface area contributed by atoms with Crippen LogP contribution in [0.4, 0.5) is 10.1 Å². The third-order valence-electron chi connectivity index (χ3n) is 5.24. The summed E-state index contributed by atoms with van der Waals surface area (Å²) >= 11 is 1.53. The van der Waals surface area contributed by atoms with E-state index in [0.29, 0.717) is 16.4 Å². The summed E-state index contributed by atoms with van der Waals surface area (Å²) in [6, 6.07) is 6.24. The Morgan fingerprint density at radius 3 is 2.93 bits per heavy atom. The van der Waals surface area contributed by atoms with E-state index in [2.05, 4.69) is 15.3 Å². The Balaban J connectivity index is 1.70. The maximum Gasteiger partial charge on any atom is 0.293 e. The molecular formula is C19H20FN5OS. The number of aromatic nitrogens is 2. The second kappa shape index (κ2) is 7.26. The lowest BCUT2D eigenvalue weighted by Gasteiger charge is -2.44. The summed E-state index contributed by atoms with van der Waals surface area (Å²) in [7, 11) is 0. The van der Waals surface area contributed by atoms with Gasteiger partial charge < -0.3 is 11.1 Å². The fraction of sp³-hybridized carbons (Fsp3) is 0.368. The molecule has 2 atom stereocenters. The molecule has 1 aromatic carbocycles. The molecule has 6 nitrogen and oxygen atoms in total. The number of hydrogen-bond acceptors (Lipinski definition) is 6. The molecule has 0 bridgehead atoms. The number of nitrogens with one attached hydrogen (secondary N) is 1. The highest BCUT2D eigenvalue weighted by Gasteiger charge is 2.46. The van der Waals surface area contributed by atoms with Crippen molar-refractivity contribution in [3.63, 3.8) is 0 Å². The van der Waals surface area contributed by atoms with Crippen molar-refractivity contribution in [2.75, 3.05) is 11.1 Å². The molecule has 1 aromatic heterocycles. The lowest BCUT2D eigenvalue weighted by Crippen LogP contribution is -2.43. The van der Waals surface area contributed by atoms with Crippen molar-refractivity contribution >= 4 is 28.5 Å². The lowest BCUT2D eigenvalue weighted by molar-refractivity contribution is 0.101. The maximum atomic E-state index is 14.9. The molecule has 2 aliphatic rings. The van der Waals surface area contributed by atoms with Crippen molar-refractivity contribution in [3.05, 3.63) is 53.9 Å². The van der Waals surface area contributed by atoms with Crippen molar-refractivity contribution in [1.29, 1.82) is 0 Å². The Bertz CT molecular complexity index is 891. The van der Waals surface area contributed by atoms with Gasteiger partial charge in [-0.2, -0.15) is 0 Å². The molecule has 1 amide bonds. The van der Waals surface area contributed by atoms with Crippen LogP contribution in [0.15, 0.2) is 41.7 Å². The molecule has 140 valence electrons. The van der Waals surface area contributed by atoms with Gasteiger partial charge in [0.1, 0.15) is 5.82 Å². The second-order valence-electron chi connectivity index (χ2n) is 6.85. The summed E-state index contributed by atoms with van der Waals surface area (Å²) in [6.07, 6.45) is 6.85. The summed E-state index contributed by atoms with van der Waals surface area (Å²) in [5.41, 5.74) is 6.36. The number of thioether (sulfide) groups is 1. The molecule has 27 heavy (non-hydrogen) atoms. The normalized spacial score (nSPS) is 24.6. The highest BCUT2D eigenvalue weighted by atomic mass is 32.2. The van der Waals surface area contributed by atoms with Gasteiger partial charge in [0.05, 0.1) is 5.54 Å². The van der Waals surface area contributed by atoms with E-state index in [1.54, 1.807) is 18.2 Å². The van der Waals surface area contributed by atoms with E-state index in [-0.39, 0.29) is 17.6 Å². The van der Waals surface area contributed by atoms with E-state index in [9.17, 15) is 9.18 Å². The highest BCUT2D eigenvalue weighted by Crippen LogP contribution is 2.50. The molecule has 8 heteroatoms. The van der Waals surface area contributed by atoms with Crippen molar-refractivity contribution in [2.45, 2.75) is 31.2 Å². The number of rotatable bonds is 3. The quantitative estimate of drug-likeness (QED) is 0.845. The number of benzene rings is 1. The van der Waals surface area contributed by atoms with Crippen LogP contribution in [0.1, 0.15) is 41.9 Å². The number of aliphatic imine (C=N–C) groups is 1. The van der Waals surface area contributed by atoms with Gasteiger partial charge >= 0.3 is 0 Å². The van der Waals surface area contributed by atoms with Gasteiger partial charge in [-0.3, -0.25) is 9.79 Å². The van der Waals surface area contributed by atoms with Crippen LogP contribution in [-0.4, -0.2) is 26.8 Å². The molecule has 1 fully saturated rings. The first-order valence-electron chi connectivity index (χ1n) is 8.95. The Morgan fingerprint density at radius 2 is 2.11 bits per heavy atom. The van der Waals surface area contributed by atoms with Gasteiger partial charge in [0, 0.05) is 29.4 Å². The monoisotopic (exact) mass is 385 g/mol.